The molecule has 2 heterocycles. The second kappa shape index (κ2) is 4.63. The van der Waals surface area contributed by atoms with Crippen molar-refractivity contribution in [3.05, 3.63) is 16.0 Å². The van der Waals surface area contributed by atoms with Crippen molar-refractivity contribution in [2.75, 3.05) is 11.4 Å². The Morgan fingerprint density at radius 1 is 1.47 bits per heavy atom. The van der Waals surface area contributed by atoms with Crippen LogP contribution in [0.4, 0.5) is 5.95 Å². The predicted molar refractivity (Wildman–Crippen MR) is 70.0 cm³/mol. The molecule has 15 heavy (non-hydrogen) atoms. The summed E-state index contributed by atoms with van der Waals surface area (Å²) >= 11 is 2.23. The molecule has 0 N–H and O–H groups in total. The first kappa shape index (κ1) is 11.1. The van der Waals surface area contributed by atoms with Crippen molar-refractivity contribution in [1.82, 2.24) is 9.97 Å². The van der Waals surface area contributed by atoms with Crippen LogP contribution in [0, 0.1) is 9.49 Å². The van der Waals surface area contributed by atoms with E-state index in [4.69, 9.17) is 0 Å². The van der Waals surface area contributed by atoms with Gasteiger partial charge in [-0.25, -0.2) is 9.97 Å². The van der Waals surface area contributed by atoms with Crippen molar-refractivity contribution < 1.29 is 0 Å². The van der Waals surface area contributed by atoms with E-state index >= 15 is 0 Å². The number of aromatic nitrogens is 2. The summed E-state index contributed by atoms with van der Waals surface area (Å²) in [6, 6.07) is 0.616. The molecule has 2 rings (SSSR count). The Kier molecular flexibility index (Phi) is 3.43. The summed E-state index contributed by atoms with van der Waals surface area (Å²) in [5.74, 6) is 1.66. The van der Waals surface area contributed by atoms with Crippen molar-refractivity contribution in [2.45, 2.75) is 32.7 Å². The molecule has 0 bridgehead atoms. The zero-order valence-electron chi connectivity index (χ0n) is 9.15. The summed E-state index contributed by atoms with van der Waals surface area (Å²) in [4.78, 5) is 11.1. The van der Waals surface area contributed by atoms with Crippen LogP contribution in [0.3, 0.4) is 0 Å². The molecular formula is C11H16IN3. The van der Waals surface area contributed by atoms with Crippen LogP contribution < -0.4 is 4.90 Å². The van der Waals surface area contributed by atoms with Gasteiger partial charge in [0.15, 0.2) is 0 Å². The number of nitrogens with zero attached hydrogens (tertiary/aromatic N) is 3. The molecule has 1 aliphatic rings. The third-order valence-electron chi connectivity index (χ3n) is 3.16. The molecule has 1 saturated heterocycles. The van der Waals surface area contributed by atoms with Gasteiger partial charge in [0, 0.05) is 28.6 Å². The van der Waals surface area contributed by atoms with Crippen LogP contribution >= 0.6 is 22.6 Å². The van der Waals surface area contributed by atoms with Crippen molar-refractivity contribution in [3.63, 3.8) is 0 Å². The summed E-state index contributed by atoms with van der Waals surface area (Å²) in [7, 11) is 0. The predicted octanol–water partition coefficient (Wildman–Crippen LogP) is 2.71. The lowest BCUT2D eigenvalue weighted by molar-refractivity contribution is 0.495. The number of hydrogen-bond acceptors (Lipinski definition) is 3. The number of hydrogen-bond donors (Lipinski definition) is 0. The van der Waals surface area contributed by atoms with Gasteiger partial charge in [0.2, 0.25) is 5.95 Å². The average Bonchev–Trinajstić information content (AvgIpc) is 2.61. The summed E-state index contributed by atoms with van der Waals surface area (Å²) in [5, 5.41) is 0. The first-order chi connectivity index (χ1) is 7.22. The highest BCUT2D eigenvalue weighted by molar-refractivity contribution is 14.1. The molecule has 0 amide bonds. The Morgan fingerprint density at radius 3 is 2.73 bits per heavy atom. The largest absolute Gasteiger partial charge is 0.338 e. The second-order valence-corrected chi connectivity index (χ2v) is 5.38. The molecule has 0 aromatic carbocycles. The molecule has 0 aliphatic carbocycles. The van der Waals surface area contributed by atoms with Gasteiger partial charge in [-0.2, -0.15) is 0 Å². The van der Waals surface area contributed by atoms with Crippen LogP contribution in [-0.2, 0) is 0 Å². The van der Waals surface area contributed by atoms with E-state index in [1.807, 2.05) is 12.4 Å². The van der Waals surface area contributed by atoms with Crippen LogP contribution in [0.5, 0.6) is 0 Å². The lowest BCUT2D eigenvalue weighted by Crippen LogP contribution is -2.32. The molecule has 0 spiro atoms. The quantitative estimate of drug-likeness (QED) is 0.786. The second-order valence-electron chi connectivity index (χ2n) is 4.14. The first-order valence-electron chi connectivity index (χ1n) is 5.46. The Bertz CT molecular complexity index is 325. The highest BCUT2D eigenvalue weighted by atomic mass is 127. The lowest BCUT2D eigenvalue weighted by Gasteiger charge is -2.25. The number of halogens is 1. The molecule has 82 valence electrons. The molecule has 1 aromatic rings. The minimum atomic E-state index is 0.616. The van der Waals surface area contributed by atoms with Crippen LogP contribution in [0.1, 0.15) is 26.7 Å². The lowest BCUT2D eigenvalue weighted by atomic mass is 10.0. The fourth-order valence-corrected chi connectivity index (χ4v) is 2.61. The summed E-state index contributed by atoms with van der Waals surface area (Å²) in [6.45, 7) is 5.66. The van der Waals surface area contributed by atoms with Crippen LogP contribution in [-0.4, -0.2) is 22.6 Å². The molecule has 2 atom stereocenters. The molecule has 0 radical (unpaired) electrons. The van der Waals surface area contributed by atoms with E-state index in [1.54, 1.807) is 0 Å². The molecule has 3 nitrogen and oxygen atoms in total. The highest BCUT2D eigenvalue weighted by Gasteiger charge is 2.31. The Morgan fingerprint density at radius 2 is 2.13 bits per heavy atom. The number of anilines is 1. The topological polar surface area (TPSA) is 29.0 Å². The standard InChI is InChI=1S/C11H16IN3/c1-3-10-8(2)4-5-15(10)11-13-6-9(12)7-14-11/h6-8,10H,3-5H2,1-2H3. The highest BCUT2D eigenvalue weighted by Crippen LogP contribution is 2.28. The Labute approximate surface area is 104 Å². The van der Waals surface area contributed by atoms with E-state index in [0.29, 0.717) is 6.04 Å². The maximum atomic E-state index is 4.40. The molecule has 1 aliphatic heterocycles. The van der Waals surface area contributed by atoms with Crippen molar-refractivity contribution in [2.24, 2.45) is 5.92 Å². The van der Waals surface area contributed by atoms with Crippen molar-refractivity contribution in [1.29, 1.82) is 0 Å². The van der Waals surface area contributed by atoms with E-state index in [-0.39, 0.29) is 0 Å². The molecule has 1 fully saturated rings. The normalized spacial score (nSPS) is 25.9. The van der Waals surface area contributed by atoms with Gasteiger partial charge >= 0.3 is 0 Å². The summed E-state index contributed by atoms with van der Waals surface area (Å²) in [6.07, 6.45) is 6.21. The average molecular weight is 317 g/mol. The zero-order valence-corrected chi connectivity index (χ0v) is 11.3. The monoisotopic (exact) mass is 317 g/mol. The fourth-order valence-electron chi connectivity index (χ4n) is 2.33. The minimum Gasteiger partial charge on any atom is -0.338 e. The van der Waals surface area contributed by atoms with Crippen LogP contribution in [0.25, 0.3) is 0 Å². The Hall–Kier alpha value is -0.390. The van der Waals surface area contributed by atoms with E-state index in [9.17, 15) is 0 Å². The van der Waals surface area contributed by atoms with Crippen LogP contribution in [0.15, 0.2) is 12.4 Å². The molecule has 2 unspecified atom stereocenters. The van der Waals surface area contributed by atoms with Gasteiger partial charge < -0.3 is 4.90 Å². The van der Waals surface area contributed by atoms with Gasteiger partial charge in [-0.05, 0) is 41.4 Å². The molecule has 0 saturated carbocycles. The third-order valence-corrected chi connectivity index (χ3v) is 3.72. The van der Waals surface area contributed by atoms with Gasteiger partial charge in [-0.1, -0.05) is 13.8 Å². The van der Waals surface area contributed by atoms with Crippen molar-refractivity contribution in [3.8, 4) is 0 Å². The van der Waals surface area contributed by atoms with Gasteiger partial charge in [-0.3, -0.25) is 0 Å². The first-order valence-corrected chi connectivity index (χ1v) is 6.54. The van der Waals surface area contributed by atoms with Crippen LogP contribution in [0.2, 0.25) is 0 Å². The maximum absolute atomic E-state index is 4.40. The van der Waals surface area contributed by atoms with Gasteiger partial charge in [0.1, 0.15) is 0 Å². The van der Waals surface area contributed by atoms with Gasteiger partial charge in [0.05, 0.1) is 0 Å². The number of rotatable bonds is 2. The van der Waals surface area contributed by atoms with E-state index in [2.05, 4.69) is 51.3 Å². The molecule has 4 heteroatoms. The van der Waals surface area contributed by atoms with E-state index in [0.717, 1.165) is 22.0 Å². The Balaban J connectivity index is 2.20. The maximum Gasteiger partial charge on any atom is 0.225 e. The van der Waals surface area contributed by atoms with Crippen molar-refractivity contribution >= 4 is 28.5 Å². The molecule has 1 aromatic heterocycles. The van der Waals surface area contributed by atoms with Gasteiger partial charge in [0.25, 0.3) is 0 Å². The smallest absolute Gasteiger partial charge is 0.225 e. The van der Waals surface area contributed by atoms with Gasteiger partial charge in [-0.15, -0.1) is 0 Å². The SMILES string of the molecule is CCC1C(C)CCN1c1ncc(I)cn1. The van der Waals surface area contributed by atoms with E-state index < -0.39 is 0 Å². The summed E-state index contributed by atoms with van der Waals surface area (Å²) in [5.41, 5.74) is 0. The fraction of sp³-hybridized carbons (Fsp3) is 0.636. The minimum absolute atomic E-state index is 0.616. The molecular weight excluding hydrogens is 301 g/mol. The third kappa shape index (κ3) is 2.24. The van der Waals surface area contributed by atoms with E-state index in [1.165, 1.54) is 12.8 Å². The zero-order chi connectivity index (χ0) is 10.8. The summed E-state index contributed by atoms with van der Waals surface area (Å²) < 4.78 is 1.09.